The predicted molar refractivity (Wildman–Crippen MR) is 57.4 cm³/mol. The van der Waals surface area contributed by atoms with Crippen molar-refractivity contribution in [2.24, 2.45) is 0 Å². The molecule has 0 aliphatic carbocycles. The minimum atomic E-state index is -0.363. The van der Waals surface area contributed by atoms with Gasteiger partial charge in [-0.15, -0.1) is 0 Å². The fourth-order valence-corrected chi connectivity index (χ4v) is 1.67. The van der Waals surface area contributed by atoms with E-state index in [1.807, 2.05) is 12.1 Å². The third kappa shape index (κ3) is 2.02. The average Bonchev–Trinajstić information content (AvgIpc) is 2.62. The van der Waals surface area contributed by atoms with E-state index in [2.05, 4.69) is 25.7 Å². The number of hydrogen-bond donors (Lipinski definition) is 0. The van der Waals surface area contributed by atoms with Crippen molar-refractivity contribution in [1.82, 2.24) is 4.98 Å². The second-order valence-electron chi connectivity index (χ2n) is 2.95. The van der Waals surface area contributed by atoms with Crippen LogP contribution in [0, 0.1) is 0 Å². The molecule has 78 valence electrons. The van der Waals surface area contributed by atoms with Crippen molar-refractivity contribution in [2.45, 2.75) is 6.42 Å². The Bertz CT molecular complexity index is 506. The number of esters is 1. The number of methoxy groups -OCH3 is 1. The number of ether oxygens (including phenoxy) is 1. The SMILES string of the molecule is COC(=O)Cc1nc2c(Br)cccc2o1. The van der Waals surface area contributed by atoms with E-state index in [9.17, 15) is 4.79 Å². The fourth-order valence-electron chi connectivity index (χ4n) is 1.23. The smallest absolute Gasteiger partial charge is 0.314 e. The summed E-state index contributed by atoms with van der Waals surface area (Å²) < 4.78 is 10.8. The third-order valence-corrected chi connectivity index (χ3v) is 2.58. The van der Waals surface area contributed by atoms with E-state index in [-0.39, 0.29) is 12.4 Å². The summed E-state index contributed by atoms with van der Waals surface area (Å²) in [5.74, 6) is 0.00132. The predicted octanol–water partition coefficient (Wildman–Crippen LogP) is 2.31. The first-order valence-corrected chi connectivity index (χ1v) is 5.11. The molecular weight excluding hydrogens is 262 g/mol. The Balaban J connectivity index is 2.39. The van der Waals surface area contributed by atoms with Crippen LogP contribution in [-0.4, -0.2) is 18.1 Å². The molecule has 2 rings (SSSR count). The maximum absolute atomic E-state index is 11.0. The van der Waals surface area contributed by atoms with Crippen LogP contribution in [0.4, 0.5) is 0 Å². The van der Waals surface area contributed by atoms with Crippen LogP contribution in [0.25, 0.3) is 11.1 Å². The van der Waals surface area contributed by atoms with E-state index in [0.717, 1.165) is 9.99 Å². The molecule has 15 heavy (non-hydrogen) atoms. The average molecular weight is 270 g/mol. The van der Waals surface area contributed by atoms with Gasteiger partial charge >= 0.3 is 5.97 Å². The first-order valence-electron chi connectivity index (χ1n) is 4.31. The Morgan fingerprint density at radius 2 is 2.40 bits per heavy atom. The number of oxazole rings is 1. The Hall–Kier alpha value is -1.36. The van der Waals surface area contributed by atoms with Gasteiger partial charge in [0.15, 0.2) is 5.58 Å². The van der Waals surface area contributed by atoms with Crippen LogP contribution < -0.4 is 0 Å². The van der Waals surface area contributed by atoms with Gasteiger partial charge in [-0.2, -0.15) is 0 Å². The fraction of sp³-hybridized carbons (Fsp3) is 0.200. The van der Waals surface area contributed by atoms with Gasteiger partial charge in [0.05, 0.1) is 7.11 Å². The van der Waals surface area contributed by atoms with Crippen molar-refractivity contribution in [3.63, 3.8) is 0 Å². The van der Waals surface area contributed by atoms with Gasteiger partial charge in [-0.1, -0.05) is 6.07 Å². The van der Waals surface area contributed by atoms with Gasteiger partial charge in [0.1, 0.15) is 11.9 Å². The highest BCUT2D eigenvalue weighted by Gasteiger charge is 2.11. The molecule has 0 N–H and O–H groups in total. The molecule has 0 amide bonds. The Morgan fingerprint density at radius 3 is 3.07 bits per heavy atom. The molecule has 5 heteroatoms. The number of hydrogen-bond acceptors (Lipinski definition) is 4. The Morgan fingerprint density at radius 1 is 1.60 bits per heavy atom. The molecule has 1 aromatic carbocycles. The summed E-state index contributed by atoms with van der Waals surface area (Å²) in [5.41, 5.74) is 1.37. The number of para-hydroxylation sites is 1. The topological polar surface area (TPSA) is 52.3 Å². The number of benzene rings is 1. The van der Waals surface area contributed by atoms with Crippen LogP contribution in [0.1, 0.15) is 5.89 Å². The van der Waals surface area contributed by atoms with Crippen molar-refractivity contribution in [3.8, 4) is 0 Å². The van der Waals surface area contributed by atoms with Crippen molar-refractivity contribution >= 4 is 33.0 Å². The van der Waals surface area contributed by atoms with Gasteiger partial charge in [0.2, 0.25) is 5.89 Å². The zero-order valence-electron chi connectivity index (χ0n) is 7.99. The summed E-state index contributed by atoms with van der Waals surface area (Å²) in [6.07, 6.45) is 0.0532. The van der Waals surface area contributed by atoms with E-state index in [4.69, 9.17) is 4.42 Å². The maximum atomic E-state index is 11.0. The van der Waals surface area contributed by atoms with Crippen LogP contribution in [0.5, 0.6) is 0 Å². The Labute approximate surface area is 94.4 Å². The quantitative estimate of drug-likeness (QED) is 0.786. The highest BCUT2D eigenvalue weighted by Crippen LogP contribution is 2.23. The molecule has 0 saturated carbocycles. The molecule has 1 heterocycles. The maximum Gasteiger partial charge on any atom is 0.314 e. The Kier molecular flexibility index (Phi) is 2.73. The monoisotopic (exact) mass is 269 g/mol. The number of fused-ring (bicyclic) bond motifs is 1. The van der Waals surface area contributed by atoms with Gasteiger partial charge < -0.3 is 9.15 Å². The molecule has 0 bridgehead atoms. The molecule has 4 nitrogen and oxygen atoms in total. The van der Waals surface area contributed by atoms with Crippen molar-refractivity contribution in [3.05, 3.63) is 28.6 Å². The second kappa shape index (κ2) is 4.02. The first kappa shape index (κ1) is 10.2. The summed E-state index contributed by atoms with van der Waals surface area (Å²) in [4.78, 5) is 15.2. The zero-order chi connectivity index (χ0) is 10.8. The lowest BCUT2D eigenvalue weighted by atomic mass is 10.3. The van der Waals surface area contributed by atoms with Crippen LogP contribution in [0.15, 0.2) is 27.1 Å². The van der Waals surface area contributed by atoms with E-state index in [1.165, 1.54) is 7.11 Å². The molecule has 1 aromatic heterocycles. The molecule has 0 unspecified atom stereocenters. The number of aromatic nitrogens is 1. The van der Waals surface area contributed by atoms with E-state index < -0.39 is 0 Å². The molecule has 0 fully saturated rings. The van der Waals surface area contributed by atoms with Crippen molar-refractivity contribution in [1.29, 1.82) is 0 Å². The molecule has 0 saturated heterocycles. The van der Waals surface area contributed by atoms with Crippen molar-refractivity contribution in [2.75, 3.05) is 7.11 Å². The first-order chi connectivity index (χ1) is 7.20. The molecule has 0 spiro atoms. The van der Waals surface area contributed by atoms with Crippen LogP contribution in [0.3, 0.4) is 0 Å². The molecule has 0 atom stereocenters. The standard InChI is InChI=1S/C10H8BrNO3/c1-14-9(13)5-8-12-10-6(11)3-2-4-7(10)15-8/h2-4H,5H2,1H3. The van der Waals surface area contributed by atoms with E-state index in [1.54, 1.807) is 6.07 Å². The normalized spacial score (nSPS) is 10.5. The number of carbonyl (C=O) groups excluding carboxylic acids is 1. The van der Waals surface area contributed by atoms with E-state index >= 15 is 0 Å². The molecule has 2 aromatic rings. The summed E-state index contributed by atoms with van der Waals surface area (Å²) >= 11 is 3.35. The number of nitrogens with zero attached hydrogens (tertiary/aromatic N) is 1. The van der Waals surface area contributed by atoms with Gasteiger partial charge in [-0.3, -0.25) is 4.79 Å². The number of halogens is 1. The summed E-state index contributed by atoms with van der Waals surface area (Å²) in [7, 11) is 1.33. The minimum absolute atomic E-state index is 0.0532. The number of carbonyl (C=O) groups is 1. The molecule has 0 aliphatic rings. The van der Waals surface area contributed by atoms with Crippen LogP contribution in [-0.2, 0) is 16.0 Å². The zero-order valence-corrected chi connectivity index (χ0v) is 9.58. The van der Waals surface area contributed by atoms with Gasteiger partial charge in [0, 0.05) is 4.47 Å². The lowest BCUT2D eigenvalue weighted by Crippen LogP contribution is -2.04. The highest BCUT2D eigenvalue weighted by atomic mass is 79.9. The minimum Gasteiger partial charge on any atom is -0.469 e. The summed E-state index contributed by atoms with van der Waals surface area (Å²) in [6, 6.07) is 5.51. The van der Waals surface area contributed by atoms with E-state index in [0.29, 0.717) is 11.5 Å². The lowest BCUT2D eigenvalue weighted by molar-refractivity contribution is -0.140. The van der Waals surface area contributed by atoms with Crippen LogP contribution in [0.2, 0.25) is 0 Å². The second-order valence-corrected chi connectivity index (χ2v) is 3.80. The van der Waals surface area contributed by atoms with Crippen molar-refractivity contribution < 1.29 is 13.9 Å². The van der Waals surface area contributed by atoms with Gasteiger partial charge in [0.25, 0.3) is 0 Å². The highest BCUT2D eigenvalue weighted by molar-refractivity contribution is 9.10. The summed E-state index contributed by atoms with van der Waals surface area (Å²) in [6.45, 7) is 0. The molecule has 0 radical (unpaired) electrons. The third-order valence-electron chi connectivity index (χ3n) is 1.94. The number of rotatable bonds is 2. The lowest BCUT2D eigenvalue weighted by Gasteiger charge is -1.92. The molecular formula is C10H8BrNO3. The van der Waals surface area contributed by atoms with Gasteiger partial charge in [-0.25, -0.2) is 4.98 Å². The molecule has 0 aliphatic heterocycles. The largest absolute Gasteiger partial charge is 0.469 e. The van der Waals surface area contributed by atoms with Gasteiger partial charge in [-0.05, 0) is 28.1 Å². The summed E-state index contributed by atoms with van der Waals surface area (Å²) in [5, 5.41) is 0. The van der Waals surface area contributed by atoms with Crippen LogP contribution >= 0.6 is 15.9 Å².